The van der Waals surface area contributed by atoms with Gasteiger partial charge in [-0.3, -0.25) is 0 Å². The topological polar surface area (TPSA) is 34.4 Å². The van der Waals surface area contributed by atoms with Gasteiger partial charge in [-0.15, -0.1) is 0 Å². The first-order valence-corrected chi connectivity index (χ1v) is 7.27. The molecule has 1 aliphatic heterocycles. The van der Waals surface area contributed by atoms with Crippen LogP contribution in [0.4, 0.5) is 5.69 Å². The molecule has 0 saturated carbocycles. The van der Waals surface area contributed by atoms with Crippen LogP contribution in [0, 0.1) is 6.92 Å². The maximum absolute atomic E-state index is 6.12. The number of rotatable bonds is 1. The lowest BCUT2D eigenvalue weighted by atomic mass is 10.1. The number of fused-ring (bicyclic) bond motifs is 2. The number of anilines is 1. The Bertz CT molecular complexity index is 792. The van der Waals surface area contributed by atoms with E-state index in [1.807, 2.05) is 49.4 Å². The smallest absolute Gasteiger partial charge is 0.173 e. The van der Waals surface area contributed by atoms with Gasteiger partial charge in [-0.25, -0.2) is 0 Å². The maximum Gasteiger partial charge on any atom is 0.173 e. The average Bonchev–Trinajstić information content (AvgIpc) is 2.90. The average molecular weight is 300 g/mol. The molecule has 4 heteroatoms. The van der Waals surface area contributed by atoms with Crippen LogP contribution in [0.1, 0.15) is 17.4 Å². The summed E-state index contributed by atoms with van der Waals surface area (Å²) >= 11 is 6.07. The molecule has 3 aromatic rings. The summed E-state index contributed by atoms with van der Waals surface area (Å²) in [5.74, 6) is 1.68. The van der Waals surface area contributed by atoms with Gasteiger partial charge in [0.1, 0.15) is 17.1 Å². The van der Waals surface area contributed by atoms with Crippen molar-refractivity contribution >= 4 is 28.3 Å². The summed E-state index contributed by atoms with van der Waals surface area (Å²) in [6.07, 6.45) is -0.134. The summed E-state index contributed by atoms with van der Waals surface area (Å²) in [6.45, 7) is 2.65. The van der Waals surface area contributed by atoms with Crippen molar-refractivity contribution in [2.24, 2.45) is 0 Å². The Labute approximate surface area is 127 Å². The molecule has 4 rings (SSSR count). The fourth-order valence-electron chi connectivity index (χ4n) is 2.72. The molecule has 1 aromatic heterocycles. The molecule has 0 aliphatic carbocycles. The molecule has 1 N–H and O–H groups in total. The molecule has 1 atom stereocenters. The number of benzene rings is 2. The van der Waals surface area contributed by atoms with Gasteiger partial charge in [-0.1, -0.05) is 29.8 Å². The van der Waals surface area contributed by atoms with Crippen LogP contribution >= 0.6 is 11.6 Å². The number of aryl methyl sites for hydroxylation is 1. The van der Waals surface area contributed by atoms with Gasteiger partial charge in [0, 0.05) is 10.4 Å². The van der Waals surface area contributed by atoms with Gasteiger partial charge in [-0.2, -0.15) is 0 Å². The Morgan fingerprint density at radius 1 is 1.19 bits per heavy atom. The zero-order valence-electron chi connectivity index (χ0n) is 11.5. The van der Waals surface area contributed by atoms with Crippen LogP contribution in [0.3, 0.4) is 0 Å². The molecule has 0 saturated heterocycles. The molecule has 0 spiro atoms. The van der Waals surface area contributed by atoms with Crippen molar-refractivity contribution in [2.45, 2.75) is 13.0 Å². The maximum atomic E-state index is 6.12. The molecular weight excluding hydrogens is 286 g/mol. The van der Waals surface area contributed by atoms with Gasteiger partial charge < -0.3 is 14.5 Å². The molecule has 21 heavy (non-hydrogen) atoms. The monoisotopic (exact) mass is 299 g/mol. The Hall–Kier alpha value is -2.13. The van der Waals surface area contributed by atoms with Gasteiger partial charge in [0.15, 0.2) is 6.10 Å². The van der Waals surface area contributed by atoms with Crippen molar-refractivity contribution < 1.29 is 9.15 Å². The van der Waals surface area contributed by atoms with E-state index in [2.05, 4.69) is 5.32 Å². The zero-order valence-corrected chi connectivity index (χ0v) is 12.3. The number of hydrogen-bond acceptors (Lipinski definition) is 3. The van der Waals surface area contributed by atoms with E-state index in [-0.39, 0.29) is 6.10 Å². The molecule has 2 heterocycles. The highest BCUT2D eigenvalue weighted by Crippen LogP contribution is 2.39. The number of furan rings is 1. The highest BCUT2D eigenvalue weighted by Gasteiger charge is 2.25. The van der Waals surface area contributed by atoms with Crippen molar-refractivity contribution in [3.05, 3.63) is 58.8 Å². The van der Waals surface area contributed by atoms with E-state index in [1.54, 1.807) is 0 Å². The van der Waals surface area contributed by atoms with Crippen LogP contribution in [0.25, 0.3) is 11.0 Å². The van der Waals surface area contributed by atoms with Crippen LogP contribution < -0.4 is 10.1 Å². The van der Waals surface area contributed by atoms with Crippen molar-refractivity contribution in [1.82, 2.24) is 0 Å². The lowest BCUT2D eigenvalue weighted by Gasteiger charge is -2.27. The molecule has 0 radical (unpaired) electrons. The third-order valence-corrected chi connectivity index (χ3v) is 3.96. The molecular formula is C17H14ClNO2. The van der Waals surface area contributed by atoms with Gasteiger partial charge in [0.05, 0.1) is 12.2 Å². The van der Waals surface area contributed by atoms with Crippen LogP contribution in [-0.4, -0.2) is 6.54 Å². The molecule has 1 unspecified atom stereocenters. The van der Waals surface area contributed by atoms with Crippen molar-refractivity contribution in [1.29, 1.82) is 0 Å². The molecule has 0 amide bonds. The summed E-state index contributed by atoms with van der Waals surface area (Å²) in [5.41, 5.74) is 2.84. The van der Waals surface area contributed by atoms with E-state index in [0.29, 0.717) is 11.6 Å². The van der Waals surface area contributed by atoms with Gasteiger partial charge >= 0.3 is 0 Å². The molecule has 1 aliphatic rings. The minimum Gasteiger partial charge on any atom is -0.478 e. The van der Waals surface area contributed by atoms with Crippen molar-refractivity contribution in [3.8, 4) is 5.75 Å². The normalized spacial score (nSPS) is 17.1. The second kappa shape index (κ2) is 4.71. The van der Waals surface area contributed by atoms with Crippen molar-refractivity contribution in [2.75, 3.05) is 11.9 Å². The Kier molecular flexibility index (Phi) is 2.82. The van der Waals surface area contributed by atoms with Crippen LogP contribution in [-0.2, 0) is 0 Å². The largest absolute Gasteiger partial charge is 0.478 e. The van der Waals surface area contributed by atoms with E-state index >= 15 is 0 Å². The summed E-state index contributed by atoms with van der Waals surface area (Å²) in [6, 6.07) is 13.8. The van der Waals surface area contributed by atoms with Crippen molar-refractivity contribution in [3.63, 3.8) is 0 Å². The highest BCUT2D eigenvalue weighted by atomic mass is 35.5. The SMILES string of the molecule is Cc1cc(Cl)cc2c1OC(c1cc3ccccc3o1)CN2. The van der Waals surface area contributed by atoms with E-state index < -0.39 is 0 Å². The number of ether oxygens (including phenoxy) is 1. The third-order valence-electron chi connectivity index (χ3n) is 3.74. The first-order chi connectivity index (χ1) is 10.2. The minimum absolute atomic E-state index is 0.134. The number of hydrogen-bond donors (Lipinski definition) is 1. The lowest BCUT2D eigenvalue weighted by Crippen LogP contribution is -2.23. The Morgan fingerprint density at radius 3 is 2.90 bits per heavy atom. The molecule has 106 valence electrons. The number of para-hydroxylation sites is 1. The second-order valence-electron chi connectivity index (χ2n) is 5.27. The minimum atomic E-state index is -0.134. The fourth-order valence-corrected chi connectivity index (χ4v) is 3.00. The molecule has 2 aromatic carbocycles. The molecule has 3 nitrogen and oxygen atoms in total. The number of halogens is 1. The predicted molar refractivity (Wildman–Crippen MR) is 84.3 cm³/mol. The fraction of sp³-hybridized carbons (Fsp3) is 0.176. The zero-order chi connectivity index (χ0) is 14.4. The van der Waals surface area contributed by atoms with Gasteiger partial charge in [0.2, 0.25) is 0 Å². The van der Waals surface area contributed by atoms with Crippen LogP contribution in [0.15, 0.2) is 46.9 Å². The number of nitrogens with one attached hydrogen (secondary N) is 1. The third kappa shape index (κ3) is 2.14. The molecule has 0 bridgehead atoms. The highest BCUT2D eigenvalue weighted by molar-refractivity contribution is 6.31. The van der Waals surface area contributed by atoms with Gasteiger partial charge in [-0.05, 0) is 36.8 Å². The Balaban J connectivity index is 1.71. The summed E-state index contributed by atoms with van der Waals surface area (Å²) < 4.78 is 12.0. The predicted octanol–water partition coefficient (Wildman–Crippen LogP) is 4.94. The quantitative estimate of drug-likeness (QED) is 0.691. The summed E-state index contributed by atoms with van der Waals surface area (Å²) in [5, 5.41) is 5.17. The van der Waals surface area contributed by atoms with E-state index in [0.717, 1.165) is 33.7 Å². The van der Waals surface area contributed by atoms with E-state index in [1.165, 1.54) is 0 Å². The van der Waals surface area contributed by atoms with E-state index in [4.69, 9.17) is 20.8 Å². The first kappa shape index (κ1) is 12.6. The second-order valence-corrected chi connectivity index (χ2v) is 5.71. The standard InChI is InChI=1S/C17H14ClNO2/c1-10-6-12(18)8-13-17(10)21-16(9-19-13)15-7-11-4-2-3-5-14(11)20-15/h2-8,16,19H,9H2,1H3. The summed E-state index contributed by atoms with van der Waals surface area (Å²) in [4.78, 5) is 0. The van der Waals surface area contributed by atoms with Gasteiger partial charge in [0.25, 0.3) is 0 Å². The molecule has 0 fully saturated rings. The van der Waals surface area contributed by atoms with Crippen LogP contribution in [0.2, 0.25) is 5.02 Å². The Morgan fingerprint density at radius 2 is 2.05 bits per heavy atom. The summed E-state index contributed by atoms with van der Waals surface area (Å²) in [7, 11) is 0. The van der Waals surface area contributed by atoms with E-state index in [9.17, 15) is 0 Å². The van der Waals surface area contributed by atoms with Crippen LogP contribution in [0.5, 0.6) is 5.75 Å². The lowest BCUT2D eigenvalue weighted by molar-refractivity contribution is 0.182. The first-order valence-electron chi connectivity index (χ1n) is 6.90.